The highest BCUT2D eigenvalue weighted by Crippen LogP contribution is 2.53. The molecule has 3 aromatic rings. The normalized spacial score (nSPS) is 24.1. The number of ether oxygens (including phenoxy) is 1. The van der Waals surface area contributed by atoms with Gasteiger partial charge in [-0.25, -0.2) is 0 Å². The summed E-state index contributed by atoms with van der Waals surface area (Å²) in [5.41, 5.74) is 1.90. The zero-order chi connectivity index (χ0) is 22.3. The molecule has 0 saturated heterocycles. The Morgan fingerprint density at radius 2 is 1.59 bits per heavy atom. The van der Waals surface area contributed by atoms with Gasteiger partial charge < -0.3 is 9.64 Å². The SMILES string of the molecule is CC1=CO[C@@]2(C(=O)N(Cc3ccccc3)c3ccccc32)[C@@H]([N+](=O)[O-])[C@@H]1c1ccccc1. The van der Waals surface area contributed by atoms with Crippen LogP contribution in [0.4, 0.5) is 5.69 Å². The van der Waals surface area contributed by atoms with Crippen LogP contribution in [0.3, 0.4) is 0 Å². The van der Waals surface area contributed by atoms with E-state index < -0.39 is 23.5 Å². The molecule has 0 fully saturated rings. The first-order valence-electron chi connectivity index (χ1n) is 10.5. The summed E-state index contributed by atoms with van der Waals surface area (Å²) in [6.07, 6.45) is 1.53. The molecule has 1 spiro atoms. The van der Waals surface area contributed by atoms with Gasteiger partial charge in [0.2, 0.25) is 0 Å². The molecule has 0 aromatic heterocycles. The number of anilines is 1. The van der Waals surface area contributed by atoms with Gasteiger partial charge in [-0.3, -0.25) is 14.9 Å². The van der Waals surface area contributed by atoms with Crippen LogP contribution in [0.2, 0.25) is 0 Å². The molecule has 0 bridgehead atoms. The molecule has 6 nitrogen and oxygen atoms in total. The van der Waals surface area contributed by atoms with Gasteiger partial charge in [0.15, 0.2) is 0 Å². The molecule has 0 N–H and O–H groups in total. The lowest BCUT2D eigenvalue weighted by Gasteiger charge is -2.38. The maximum absolute atomic E-state index is 14.0. The molecule has 160 valence electrons. The monoisotopic (exact) mass is 426 g/mol. The highest BCUT2D eigenvalue weighted by atomic mass is 16.6. The van der Waals surface area contributed by atoms with E-state index in [1.807, 2.05) is 79.7 Å². The highest BCUT2D eigenvalue weighted by Gasteiger charge is 2.67. The standard InChI is InChI=1S/C26H22N2O4/c1-18-17-32-26(24(28(30)31)23(18)20-12-6-3-7-13-20)21-14-8-9-15-22(21)27(25(26)29)16-19-10-4-2-5-11-19/h2-15,17,23-24H,16H2,1H3/t23-,24-,26+/m0/s1. The van der Waals surface area contributed by atoms with Gasteiger partial charge in [-0.1, -0.05) is 78.9 Å². The van der Waals surface area contributed by atoms with E-state index in [9.17, 15) is 14.9 Å². The van der Waals surface area contributed by atoms with Crippen molar-refractivity contribution in [2.45, 2.75) is 31.0 Å². The van der Waals surface area contributed by atoms with Crippen molar-refractivity contribution in [2.75, 3.05) is 4.90 Å². The lowest BCUT2D eigenvalue weighted by atomic mass is 9.73. The molecule has 6 heteroatoms. The molecule has 32 heavy (non-hydrogen) atoms. The Kier molecular flexibility index (Phi) is 4.78. The number of benzene rings is 3. The van der Waals surface area contributed by atoms with Gasteiger partial charge in [0, 0.05) is 10.5 Å². The molecule has 0 aliphatic carbocycles. The molecular weight excluding hydrogens is 404 g/mol. The highest BCUT2D eigenvalue weighted by molar-refractivity contribution is 6.07. The van der Waals surface area contributed by atoms with Crippen molar-refractivity contribution >= 4 is 11.6 Å². The fourth-order valence-electron chi connectivity index (χ4n) is 4.96. The summed E-state index contributed by atoms with van der Waals surface area (Å²) in [5.74, 6) is -0.998. The van der Waals surface area contributed by atoms with Crippen molar-refractivity contribution in [1.29, 1.82) is 0 Å². The molecule has 0 saturated carbocycles. The third kappa shape index (κ3) is 2.91. The molecule has 3 atom stereocenters. The van der Waals surface area contributed by atoms with Crippen molar-refractivity contribution in [2.24, 2.45) is 0 Å². The maximum atomic E-state index is 14.0. The Labute approximate surface area is 185 Å². The number of para-hydroxylation sites is 1. The number of carbonyl (C=O) groups excluding carboxylic acids is 1. The van der Waals surface area contributed by atoms with Crippen LogP contribution in [0.1, 0.15) is 29.5 Å². The predicted octanol–water partition coefficient (Wildman–Crippen LogP) is 4.79. The van der Waals surface area contributed by atoms with Crippen molar-refractivity contribution in [1.82, 2.24) is 0 Å². The number of amides is 1. The van der Waals surface area contributed by atoms with Crippen LogP contribution in [0, 0.1) is 10.1 Å². The lowest BCUT2D eigenvalue weighted by molar-refractivity contribution is -0.547. The van der Waals surface area contributed by atoms with Crippen molar-refractivity contribution in [3.8, 4) is 0 Å². The van der Waals surface area contributed by atoms with Gasteiger partial charge in [-0.2, -0.15) is 0 Å². The van der Waals surface area contributed by atoms with Crippen LogP contribution in [-0.2, 0) is 21.7 Å². The number of nitro groups is 1. The van der Waals surface area contributed by atoms with Gasteiger partial charge in [-0.15, -0.1) is 0 Å². The summed E-state index contributed by atoms with van der Waals surface area (Å²) in [5, 5.41) is 12.6. The molecule has 2 heterocycles. The van der Waals surface area contributed by atoms with Crippen LogP contribution >= 0.6 is 0 Å². The third-order valence-corrected chi connectivity index (χ3v) is 6.38. The van der Waals surface area contributed by atoms with E-state index in [2.05, 4.69) is 0 Å². The molecule has 2 aliphatic heterocycles. The zero-order valence-corrected chi connectivity index (χ0v) is 17.5. The largest absolute Gasteiger partial charge is 0.473 e. The number of hydrogen-bond donors (Lipinski definition) is 0. The Hall–Kier alpha value is -3.93. The minimum absolute atomic E-state index is 0.310. The molecular formula is C26H22N2O4. The van der Waals surface area contributed by atoms with Crippen LogP contribution < -0.4 is 4.90 Å². The number of rotatable bonds is 4. The molecule has 0 unspecified atom stereocenters. The van der Waals surface area contributed by atoms with Crippen LogP contribution in [0.25, 0.3) is 0 Å². The molecule has 1 amide bonds. The first-order chi connectivity index (χ1) is 15.5. The average molecular weight is 426 g/mol. The van der Waals surface area contributed by atoms with Crippen molar-refractivity contribution < 1.29 is 14.5 Å². The maximum Gasteiger partial charge on any atom is 0.283 e. The van der Waals surface area contributed by atoms with E-state index in [1.165, 1.54) is 6.26 Å². The first-order valence-corrected chi connectivity index (χ1v) is 10.5. The predicted molar refractivity (Wildman–Crippen MR) is 121 cm³/mol. The van der Waals surface area contributed by atoms with Crippen molar-refractivity contribution in [3.05, 3.63) is 124 Å². The van der Waals surface area contributed by atoms with Gasteiger partial charge in [0.25, 0.3) is 17.6 Å². The second-order valence-electron chi connectivity index (χ2n) is 8.23. The van der Waals surface area contributed by atoms with Crippen molar-refractivity contribution in [3.63, 3.8) is 0 Å². The summed E-state index contributed by atoms with van der Waals surface area (Å²) in [6, 6.07) is 24.8. The summed E-state index contributed by atoms with van der Waals surface area (Å²) >= 11 is 0. The number of nitrogens with zero attached hydrogens (tertiary/aromatic N) is 2. The van der Waals surface area contributed by atoms with Gasteiger partial charge >= 0.3 is 0 Å². The van der Waals surface area contributed by atoms with E-state index in [0.29, 0.717) is 17.8 Å². The summed E-state index contributed by atoms with van der Waals surface area (Å²) in [7, 11) is 0. The fourth-order valence-corrected chi connectivity index (χ4v) is 4.96. The van der Waals surface area contributed by atoms with Gasteiger partial charge in [0.05, 0.1) is 24.4 Å². The Bertz CT molecular complexity index is 1210. The molecule has 2 aliphatic rings. The van der Waals surface area contributed by atoms with Crippen LogP contribution in [0.5, 0.6) is 0 Å². The van der Waals surface area contributed by atoms with E-state index in [4.69, 9.17) is 4.74 Å². The lowest BCUT2D eigenvalue weighted by Crippen LogP contribution is -2.57. The minimum atomic E-state index is -1.73. The Balaban J connectivity index is 1.68. The van der Waals surface area contributed by atoms with E-state index >= 15 is 0 Å². The molecule has 3 aromatic carbocycles. The smallest absolute Gasteiger partial charge is 0.283 e. The van der Waals surface area contributed by atoms with E-state index in [-0.39, 0.29) is 4.92 Å². The second kappa shape index (κ2) is 7.64. The Morgan fingerprint density at radius 3 is 2.28 bits per heavy atom. The van der Waals surface area contributed by atoms with Gasteiger partial charge in [0.1, 0.15) is 0 Å². The molecule has 0 radical (unpaired) electrons. The quantitative estimate of drug-likeness (QED) is 0.444. The first kappa shape index (κ1) is 20.0. The second-order valence-corrected chi connectivity index (χ2v) is 8.23. The summed E-state index contributed by atoms with van der Waals surface area (Å²) in [4.78, 5) is 27.9. The van der Waals surface area contributed by atoms with Crippen LogP contribution in [-0.4, -0.2) is 16.9 Å². The zero-order valence-electron chi connectivity index (χ0n) is 17.5. The van der Waals surface area contributed by atoms with Gasteiger partial charge in [-0.05, 0) is 29.7 Å². The average Bonchev–Trinajstić information content (AvgIpc) is 3.04. The summed E-state index contributed by atoms with van der Waals surface area (Å²) < 4.78 is 6.08. The van der Waals surface area contributed by atoms with E-state index in [0.717, 1.165) is 16.7 Å². The number of hydrogen-bond acceptors (Lipinski definition) is 4. The minimum Gasteiger partial charge on any atom is -0.473 e. The fraction of sp³-hybridized carbons (Fsp3) is 0.192. The molecule has 5 rings (SSSR count). The Morgan fingerprint density at radius 1 is 0.969 bits per heavy atom. The number of carbonyl (C=O) groups is 1. The third-order valence-electron chi connectivity index (χ3n) is 6.38. The van der Waals surface area contributed by atoms with Crippen LogP contribution in [0.15, 0.2) is 96.8 Å². The van der Waals surface area contributed by atoms with E-state index in [1.54, 1.807) is 17.0 Å². The number of fused-ring (bicyclic) bond motifs is 2. The summed E-state index contributed by atoms with van der Waals surface area (Å²) in [6.45, 7) is 2.12. The topological polar surface area (TPSA) is 72.7 Å².